The number of amides is 1. The summed E-state index contributed by atoms with van der Waals surface area (Å²) in [4.78, 5) is 13.0. The highest BCUT2D eigenvalue weighted by atomic mass is 32.2. The predicted octanol–water partition coefficient (Wildman–Crippen LogP) is 4.24. The number of carbonyl (C=O) groups excluding carboxylic acids is 1. The zero-order valence-corrected chi connectivity index (χ0v) is 19.1. The van der Waals surface area contributed by atoms with Gasteiger partial charge in [-0.15, -0.1) is 0 Å². The fourth-order valence-electron chi connectivity index (χ4n) is 3.18. The lowest BCUT2D eigenvalue weighted by molar-refractivity contribution is -0.114. The predicted molar refractivity (Wildman–Crippen MR) is 125 cm³/mol. The number of methoxy groups -OCH3 is 1. The summed E-state index contributed by atoms with van der Waals surface area (Å²) >= 11 is 0. The van der Waals surface area contributed by atoms with Crippen LogP contribution in [0.25, 0.3) is 0 Å². The molecule has 0 aliphatic heterocycles. The molecule has 0 aliphatic rings. The Balaban J connectivity index is 1.97. The van der Waals surface area contributed by atoms with Gasteiger partial charge in [0.05, 0.1) is 24.3 Å². The Bertz CT molecular complexity index is 1180. The number of aryl methyl sites for hydroxylation is 1. The van der Waals surface area contributed by atoms with Crippen molar-refractivity contribution >= 4 is 27.3 Å². The third-order valence-corrected chi connectivity index (χ3v) is 6.42. The van der Waals surface area contributed by atoms with Crippen LogP contribution in [0.2, 0.25) is 0 Å². The first-order chi connectivity index (χ1) is 15.3. The molecule has 3 aromatic rings. The van der Waals surface area contributed by atoms with Gasteiger partial charge in [0.15, 0.2) is 0 Å². The number of ether oxygens (including phenoxy) is 2. The number of nitrogens with one attached hydrogen (secondary N) is 1. The summed E-state index contributed by atoms with van der Waals surface area (Å²) in [6.45, 7) is 3.77. The molecule has 168 valence electrons. The molecule has 8 heteroatoms. The summed E-state index contributed by atoms with van der Waals surface area (Å²) < 4.78 is 38.9. The smallest absolute Gasteiger partial charge is 0.264 e. The summed E-state index contributed by atoms with van der Waals surface area (Å²) in [7, 11) is -2.58. The molecule has 0 radical (unpaired) electrons. The minimum atomic E-state index is -4.04. The van der Waals surface area contributed by atoms with Crippen molar-refractivity contribution in [3.8, 4) is 11.5 Å². The van der Waals surface area contributed by atoms with Gasteiger partial charge in [0.25, 0.3) is 10.0 Å². The standard InChI is InChI=1S/C24H26N2O5S/c1-4-31-20-10-8-9-19(16-20)25-24(27)17-26(22-15-18(2)13-14-23(22)30-3)32(28,29)21-11-6-5-7-12-21/h5-16H,4,17H2,1-3H3,(H,25,27). The highest BCUT2D eigenvalue weighted by molar-refractivity contribution is 7.92. The molecular weight excluding hydrogens is 428 g/mol. The SMILES string of the molecule is CCOc1cccc(NC(=O)CN(c2cc(C)ccc2OC)S(=O)(=O)c2ccccc2)c1. The van der Waals surface area contributed by atoms with Crippen LogP contribution in [0, 0.1) is 6.92 Å². The number of rotatable bonds is 9. The van der Waals surface area contributed by atoms with Crippen molar-refractivity contribution < 1.29 is 22.7 Å². The molecule has 0 fully saturated rings. The summed E-state index contributed by atoms with van der Waals surface area (Å²) in [6.07, 6.45) is 0. The molecule has 3 rings (SSSR count). The van der Waals surface area contributed by atoms with Gasteiger partial charge in [0.2, 0.25) is 5.91 Å². The van der Waals surface area contributed by atoms with Gasteiger partial charge < -0.3 is 14.8 Å². The van der Waals surface area contributed by atoms with Gasteiger partial charge in [0, 0.05) is 11.8 Å². The number of hydrogen-bond acceptors (Lipinski definition) is 5. The molecule has 0 saturated carbocycles. The molecule has 0 unspecified atom stereocenters. The molecule has 0 atom stereocenters. The van der Waals surface area contributed by atoms with E-state index in [9.17, 15) is 13.2 Å². The van der Waals surface area contributed by atoms with E-state index in [0.717, 1.165) is 9.87 Å². The number of nitrogens with zero attached hydrogens (tertiary/aromatic N) is 1. The van der Waals surface area contributed by atoms with Crippen molar-refractivity contribution in [2.45, 2.75) is 18.7 Å². The van der Waals surface area contributed by atoms with Crippen molar-refractivity contribution in [3.63, 3.8) is 0 Å². The summed E-state index contributed by atoms with van der Waals surface area (Å²) in [5.74, 6) is 0.461. The van der Waals surface area contributed by atoms with Crippen LogP contribution < -0.4 is 19.1 Å². The average Bonchev–Trinajstić information content (AvgIpc) is 2.78. The highest BCUT2D eigenvalue weighted by Gasteiger charge is 2.29. The van der Waals surface area contributed by atoms with Crippen LogP contribution in [-0.2, 0) is 14.8 Å². The number of anilines is 2. The van der Waals surface area contributed by atoms with Gasteiger partial charge in [-0.3, -0.25) is 9.10 Å². The number of carbonyl (C=O) groups is 1. The molecule has 0 aliphatic carbocycles. The van der Waals surface area contributed by atoms with Crippen molar-refractivity contribution in [2.24, 2.45) is 0 Å². The third-order valence-electron chi connectivity index (χ3n) is 4.65. The molecule has 7 nitrogen and oxygen atoms in total. The van der Waals surface area contributed by atoms with Crippen LogP contribution in [0.1, 0.15) is 12.5 Å². The first kappa shape index (κ1) is 23.1. The Hall–Kier alpha value is -3.52. The molecule has 0 aromatic heterocycles. The van der Waals surface area contributed by atoms with E-state index in [1.807, 2.05) is 19.9 Å². The van der Waals surface area contributed by atoms with Crippen molar-refractivity contribution in [2.75, 3.05) is 29.9 Å². The van der Waals surface area contributed by atoms with Crippen LogP contribution in [-0.4, -0.2) is 34.6 Å². The highest BCUT2D eigenvalue weighted by Crippen LogP contribution is 2.33. The third kappa shape index (κ3) is 5.39. The zero-order chi connectivity index (χ0) is 23.1. The minimum absolute atomic E-state index is 0.0784. The second-order valence-corrected chi connectivity index (χ2v) is 8.87. The summed E-state index contributed by atoms with van der Waals surface area (Å²) in [6, 6.07) is 20.1. The van der Waals surface area contributed by atoms with Crippen molar-refractivity contribution in [1.29, 1.82) is 0 Å². The van der Waals surface area contributed by atoms with Gasteiger partial charge in [-0.2, -0.15) is 0 Å². The topological polar surface area (TPSA) is 84.9 Å². The number of sulfonamides is 1. The first-order valence-electron chi connectivity index (χ1n) is 10.1. The average molecular weight is 455 g/mol. The van der Waals surface area contributed by atoms with Crippen LogP contribution in [0.3, 0.4) is 0 Å². The normalized spacial score (nSPS) is 11.0. The number of benzene rings is 3. The van der Waals surface area contributed by atoms with Gasteiger partial charge in [-0.1, -0.05) is 30.3 Å². The van der Waals surface area contributed by atoms with E-state index < -0.39 is 22.5 Å². The Morgan fingerprint density at radius 1 is 1.00 bits per heavy atom. The Labute approximate surface area is 188 Å². The van der Waals surface area contributed by atoms with Crippen molar-refractivity contribution in [3.05, 3.63) is 78.4 Å². The van der Waals surface area contributed by atoms with E-state index in [0.29, 0.717) is 23.8 Å². The van der Waals surface area contributed by atoms with Crippen molar-refractivity contribution in [1.82, 2.24) is 0 Å². The molecule has 0 bridgehead atoms. The van der Waals surface area contributed by atoms with E-state index in [4.69, 9.17) is 9.47 Å². The van der Waals surface area contributed by atoms with E-state index in [2.05, 4.69) is 5.32 Å². The summed E-state index contributed by atoms with van der Waals surface area (Å²) in [5, 5.41) is 2.75. The van der Waals surface area contributed by atoms with Gasteiger partial charge in [-0.25, -0.2) is 8.42 Å². The Morgan fingerprint density at radius 3 is 2.44 bits per heavy atom. The van der Waals surface area contributed by atoms with E-state index in [1.165, 1.54) is 19.2 Å². The molecule has 0 heterocycles. The molecule has 3 aromatic carbocycles. The van der Waals surface area contributed by atoms with Gasteiger partial charge >= 0.3 is 0 Å². The maximum Gasteiger partial charge on any atom is 0.264 e. The maximum absolute atomic E-state index is 13.5. The van der Waals surface area contributed by atoms with E-state index >= 15 is 0 Å². The lowest BCUT2D eigenvalue weighted by Crippen LogP contribution is -2.38. The van der Waals surface area contributed by atoms with E-state index in [-0.39, 0.29) is 10.6 Å². The number of hydrogen-bond donors (Lipinski definition) is 1. The monoisotopic (exact) mass is 454 g/mol. The molecule has 0 spiro atoms. The van der Waals surface area contributed by atoms with Crippen LogP contribution >= 0.6 is 0 Å². The molecule has 0 saturated heterocycles. The van der Waals surface area contributed by atoms with Gasteiger partial charge in [0.1, 0.15) is 18.0 Å². The first-order valence-corrected chi connectivity index (χ1v) is 11.5. The van der Waals surface area contributed by atoms with Crippen LogP contribution in [0.5, 0.6) is 11.5 Å². The molecule has 1 amide bonds. The lowest BCUT2D eigenvalue weighted by Gasteiger charge is -2.26. The lowest BCUT2D eigenvalue weighted by atomic mass is 10.2. The van der Waals surface area contributed by atoms with E-state index in [1.54, 1.807) is 54.6 Å². The largest absolute Gasteiger partial charge is 0.495 e. The maximum atomic E-state index is 13.5. The molecular formula is C24H26N2O5S. The second-order valence-electron chi connectivity index (χ2n) is 7.01. The Kier molecular flexibility index (Phi) is 7.37. The van der Waals surface area contributed by atoms with Gasteiger partial charge in [-0.05, 0) is 55.8 Å². The molecule has 1 N–H and O–H groups in total. The second kappa shape index (κ2) is 10.2. The fourth-order valence-corrected chi connectivity index (χ4v) is 4.62. The molecule has 32 heavy (non-hydrogen) atoms. The summed E-state index contributed by atoms with van der Waals surface area (Å²) in [5.41, 5.74) is 1.63. The van der Waals surface area contributed by atoms with Crippen LogP contribution in [0.15, 0.2) is 77.7 Å². The zero-order valence-electron chi connectivity index (χ0n) is 18.2. The Morgan fingerprint density at radius 2 is 1.75 bits per heavy atom. The minimum Gasteiger partial charge on any atom is -0.495 e. The quantitative estimate of drug-likeness (QED) is 0.523. The fraction of sp³-hybridized carbons (Fsp3) is 0.208. The van der Waals surface area contributed by atoms with Crippen LogP contribution in [0.4, 0.5) is 11.4 Å².